The topological polar surface area (TPSA) is 80.6 Å². The Morgan fingerprint density at radius 2 is 1.64 bits per heavy atom. The third-order valence-electron chi connectivity index (χ3n) is 6.57. The van der Waals surface area contributed by atoms with Crippen LogP contribution < -0.4 is 15.4 Å². The largest absolute Gasteiger partial charge is 0.497 e. The molecule has 0 saturated heterocycles. The van der Waals surface area contributed by atoms with Gasteiger partial charge in [0.1, 0.15) is 22.9 Å². The van der Waals surface area contributed by atoms with E-state index in [1.807, 2.05) is 90.3 Å². The molecule has 5 rings (SSSR count). The summed E-state index contributed by atoms with van der Waals surface area (Å²) in [5, 5.41) is 5.82. The molecule has 7 nitrogen and oxygen atoms in total. The van der Waals surface area contributed by atoms with E-state index >= 15 is 0 Å². The van der Waals surface area contributed by atoms with Crippen molar-refractivity contribution in [3.63, 3.8) is 0 Å². The second-order valence-electron chi connectivity index (χ2n) is 9.12. The molecule has 0 aliphatic carbocycles. The predicted molar refractivity (Wildman–Crippen MR) is 155 cm³/mol. The number of aryl methyl sites for hydroxylation is 1. The van der Waals surface area contributed by atoms with Crippen LogP contribution in [0.5, 0.6) is 5.75 Å². The van der Waals surface area contributed by atoms with Gasteiger partial charge in [-0.2, -0.15) is 0 Å². The molecule has 2 aromatic carbocycles. The number of ether oxygens (including phenoxy) is 1. The van der Waals surface area contributed by atoms with Crippen molar-refractivity contribution in [1.29, 1.82) is 0 Å². The van der Waals surface area contributed by atoms with Gasteiger partial charge in [0, 0.05) is 17.3 Å². The van der Waals surface area contributed by atoms with Crippen molar-refractivity contribution in [2.24, 2.45) is 0 Å². The molecule has 0 aliphatic rings. The lowest BCUT2D eigenvalue weighted by Gasteiger charge is -2.12. The molecule has 2 N–H and O–H groups in total. The Morgan fingerprint density at radius 3 is 2.33 bits per heavy atom. The Hall–Kier alpha value is -4.93. The van der Waals surface area contributed by atoms with Crippen LogP contribution in [-0.2, 0) is 4.79 Å². The van der Waals surface area contributed by atoms with Gasteiger partial charge in [0.15, 0.2) is 0 Å². The van der Waals surface area contributed by atoms with E-state index in [0.717, 1.165) is 45.0 Å². The van der Waals surface area contributed by atoms with Gasteiger partial charge in [0.05, 0.1) is 24.5 Å². The molecular formula is C32H29N5O2. The van der Waals surface area contributed by atoms with Gasteiger partial charge < -0.3 is 15.4 Å². The molecule has 1 amide bonds. The fraction of sp³-hybridized carbons (Fsp3) is 0.156. The number of pyridine rings is 2. The Kier molecular flexibility index (Phi) is 7.39. The van der Waals surface area contributed by atoms with Crippen molar-refractivity contribution >= 4 is 17.4 Å². The summed E-state index contributed by atoms with van der Waals surface area (Å²) < 4.78 is 7.29. The first kappa shape index (κ1) is 25.7. The Labute approximate surface area is 227 Å². The zero-order valence-corrected chi connectivity index (χ0v) is 22.3. The predicted octanol–water partition coefficient (Wildman–Crippen LogP) is 5.33. The van der Waals surface area contributed by atoms with Gasteiger partial charge in [-0.15, -0.1) is 0 Å². The van der Waals surface area contributed by atoms with Crippen LogP contribution in [-0.4, -0.2) is 40.5 Å². The standard InChI is InChI=1S/C32H29N5O2/c1-21-31(37-20-6-5-7-30(37)34-21)27-17-19-29(36-32(38)22(2)33-3)35-28(27)18-10-23-8-11-24(12-9-23)25-13-15-26(39-4)16-14-25/h5-9,11-17,19-20,22,33H,1-4H3,(H,35,36,38). The summed E-state index contributed by atoms with van der Waals surface area (Å²) in [6.07, 6.45) is 1.98. The Balaban J connectivity index is 1.52. The quantitative estimate of drug-likeness (QED) is 0.299. The average Bonchev–Trinajstić information content (AvgIpc) is 3.31. The second kappa shape index (κ2) is 11.2. The third kappa shape index (κ3) is 5.52. The van der Waals surface area contributed by atoms with Crippen LogP contribution >= 0.6 is 0 Å². The number of hydrogen-bond donors (Lipinski definition) is 2. The molecule has 7 heteroatoms. The van der Waals surface area contributed by atoms with E-state index in [2.05, 4.69) is 22.5 Å². The Morgan fingerprint density at radius 1 is 0.923 bits per heavy atom. The fourth-order valence-corrected chi connectivity index (χ4v) is 4.28. The summed E-state index contributed by atoms with van der Waals surface area (Å²) in [5.41, 5.74) is 7.07. The summed E-state index contributed by atoms with van der Waals surface area (Å²) in [4.78, 5) is 21.9. The lowest BCUT2D eigenvalue weighted by atomic mass is 10.0. The van der Waals surface area contributed by atoms with Crippen molar-refractivity contribution in [2.45, 2.75) is 19.9 Å². The number of nitrogens with zero attached hydrogens (tertiary/aromatic N) is 3. The van der Waals surface area contributed by atoms with Gasteiger partial charge in [-0.25, -0.2) is 9.97 Å². The van der Waals surface area contributed by atoms with Crippen LogP contribution in [0.15, 0.2) is 85.1 Å². The number of amides is 1. The lowest BCUT2D eigenvalue weighted by molar-refractivity contribution is -0.117. The molecule has 0 spiro atoms. The van der Waals surface area contributed by atoms with Crippen LogP contribution in [0.25, 0.3) is 28.0 Å². The number of aromatic nitrogens is 3. The van der Waals surface area contributed by atoms with E-state index in [-0.39, 0.29) is 11.9 Å². The number of fused-ring (bicyclic) bond motifs is 1. The zero-order valence-electron chi connectivity index (χ0n) is 22.3. The van der Waals surface area contributed by atoms with Crippen LogP contribution in [0.3, 0.4) is 0 Å². The molecule has 0 aliphatic heterocycles. The molecule has 5 aromatic rings. The first-order chi connectivity index (χ1) is 19.0. The van der Waals surface area contributed by atoms with E-state index in [0.29, 0.717) is 11.5 Å². The molecule has 1 atom stereocenters. The Bertz CT molecular complexity index is 1690. The van der Waals surface area contributed by atoms with E-state index in [1.165, 1.54) is 0 Å². The molecule has 1 unspecified atom stereocenters. The molecule has 0 radical (unpaired) electrons. The number of carbonyl (C=O) groups is 1. The highest BCUT2D eigenvalue weighted by molar-refractivity contribution is 5.94. The molecule has 0 fully saturated rings. The average molecular weight is 516 g/mol. The van der Waals surface area contributed by atoms with E-state index in [1.54, 1.807) is 27.1 Å². The number of rotatable bonds is 6. The number of methoxy groups -OCH3 is 1. The SMILES string of the molecule is CNC(C)C(=O)Nc1ccc(-c2c(C)nc3ccccn23)c(C#Cc2ccc(-c3ccc(OC)cc3)cc2)n1. The normalized spacial score (nSPS) is 11.5. The molecule has 3 aromatic heterocycles. The van der Waals surface area contributed by atoms with E-state index in [4.69, 9.17) is 14.7 Å². The highest BCUT2D eigenvalue weighted by Gasteiger charge is 2.17. The van der Waals surface area contributed by atoms with Gasteiger partial charge in [0.25, 0.3) is 0 Å². The number of nitrogens with one attached hydrogen (secondary N) is 2. The molecule has 0 saturated carbocycles. The van der Waals surface area contributed by atoms with Gasteiger partial charge in [-0.3, -0.25) is 9.20 Å². The van der Waals surface area contributed by atoms with Crippen LogP contribution in [0.4, 0.5) is 5.82 Å². The molecule has 3 heterocycles. The third-order valence-corrected chi connectivity index (χ3v) is 6.57. The minimum absolute atomic E-state index is 0.170. The van der Waals surface area contributed by atoms with Gasteiger partial charge in [-0.05, 0) is 86.5 Å². The second-order valence-corrected chi connectivity index (χ2v) is 9.12. The maximum absolute atomic E-state index is 12.5. The summed E-state index contributed by atoms with van der Waals surface area (Å²) >= 11 is 0. The number of likely N-dealkylation sites (N-methyl/N-ethyl adjacent to an activating group) is 1. The maximum atomic E-state index is 12.5. The minimum Gasteiger partial charge on any atom is -0.497 e. The van der Waals surface area contributed by atoms with Crippen LogP contribution in [0, 0.1) is 18.8 Å². The fourth-order valence-electron chi connectivity index (χ4n) is 4.28. The molecular weight excluding hydrogens is 486 g/mol. The summed E-state index contributed by atoms with van der Waals surface area (Å²) in [6.45, 7) is 3.77. The van der Waals surface area contributed by atoms with Crippen molar-refractivity contribution in [3.05, 3.63) is 102 Å². The number of carbonyl (C=O) groups excluding carboxylic acids is 1. The summed E-state index contributed by atoms with van der Waals surface area (Å²) in [6, 6.07) is 25.3. The van der Waals surface area contributed by atoms with E-state index in [9.17, 15) is 4.79 Å². The van der Waals surface area contributed by atoms with Gasteiger partial charge in [-0.1, -0.05) is 36.3 Å². The highest BCUT2D eigenvalue weighted by atomic mass is 16.5. The lowest BCUT2D eigenvalue weighted by Crippen LogP contribution is -2.35. The number of benzene rings is 2. The van der Waals surface area contributed by atoms with E-state index < -0.39 is 0 Å². The van der Waals surface area contributed by atoms with Crippen molar-refractivity contribution in [1.82, 2.24) is 19.7 Å². The summed E-state index contributed by atoms with van der Waals surface area (Å²) in [7, 11) is 3.40. The van der Waals surface area contributed by atoms with Crippen molar-refractivity contribution in [3.8, 4) is 40.0 Å². The van der Waals surface area contributed by atoms with Crippen molar-refractivity contribution in [2.75, 3.05) is 19.5 Å². The molecule has 39 heavy (non-hydrogen) atoms. The molecule has 0 bridgehead atoms. The van der Waals surface area contributed by atoms with Crippen molar-refractivity contribution < 1.29 is 9.53 Å². The zero-order chi connectivity index (χ0) is 27.4. The highest BCUT2D eigenvalue weighted by Crippen LogP contribution is 2.28. The van der Waals surface area contributed by atoms with Gasteiger partial charge in [0.2, 0.25) is 5.91 Å². The number of imidazole rings is 1. The first-order valence-corrected chi connectivity index (χ1v) is 12.7. The van der Waals surface area contributed by atoms with Crippen LogP contribution in [0.1, 0.15) is 23.9 Å². The summed E-state index contributed by atoms with van der Waals surface area (Å²) in [5.74, 6) is 7.61. The first-order valence-electron chi connectivity index (χ1n) is 12.7. The monoisotopic (exact) mass is 515 g/mol. The number of hydrogen-bond acceptors (Lipinski definition) is 5. The maximum Gasteiger partial charge on any atom is 0.242 e. The minimum atomic E-state index is -0.355. The van der Waals surface area contributed by atoms with Gasteiger partial charge >= 0.3 is 0 Å². The molecule has 194 valence electrons. The smallest absolute Gasteiger partial charge is 0.242 e. The number of anilines is 1. The van der Waals surface area contributed by atoms with Crippen LogP contribution in [0.2, 0.25) is 0 Å².